The van der Waals surface area contributed by atoms with Crippen molar-refractivity contribution in [2.45, 2.75) is 26.8 Å². The number of oxime groups is 2. The number of hydrogen-bond acceptors (Lipinski definition) is 7. The van der Waals surface area contributed by atoms with E-state index in [1.54, 1.807) is 25.1 Å². The molecule has 0 amide bonds. The number of rotatable bonds is 8. The van der Waals surface area contributed by atoms with Crippen LogP contribution >= 0.6 is 0 Å². The van der Waals surface area contributed by atoms with Crippen molar-refractivity contribution in [1.82, 2.24) is 0 Å². The predicted octanol–water partition coefficient (Wildman–Crippen LogP) is 4.64. The Bertz CT molecular complexity index is 1080. The fourth-order valence-electron chi connectivity index (χ4n) is 2.83. The molecule has 0 aliphatic rings. The van der Waals surface area contributed by atoms with E-state index in [4.69, 9.17) is 9.57 Å². The molecule has 2 aromatic rings. The maximum Gasteiger partial charge on any atom is 0.573 e. The van der Waals surface area contributed by atoms with E-state index in [0.29, 0.717) is 23.3 Å². The lowest BCUT2D eigenvalue weighted by Gasteiger charge is -2.15. The van der Waals surface area contributed by atoms with Crippen molar-refractivity contribution in [1.29, 1.82) is 0 Å². The van der Waals surface area contributed by atoms with Gasteiger partial charge in [-0.25, -0.2) is 13.6 Å². The van der Waals surface area contributed by atoms with Crippen molar-refractivity contribution in [2.24, 2.45) is 10.3 Å². The second-order valence-corrected chi connectivity index (χ2v) is 6.45. The lowest BCUT2D eigenvalue weighted by molar-refractivity contribution is -0.275. The fraction of sp³-hybridized carbons (Fsp3) is 0.286. The number of benzene rings is 2. The van der Waals surface area contributed by atoms with Gasteiger partial charge >= 0.3 is 12.3 Å². The maximum absolute atomic E-state index is 14.2. The van der Waals surface area contributed by atoms with Gasteiger partial charge in [-0.05, 0) is 31.5 Å². The second kappa shape index (κ2) is 10.7. The number of ether oxygens (including phenoxy) is 2. The molecule has 33 heavy (non-hydrogen) atoms. The summed E-state index contributed by atoms with van der Waals surface area (Å²) < 4.78 is 74.4. The normalized spacial score (nSPS) is 12.4. The number of hydrogen-bond donors (Lipinski definition) is 0. The Balaban J connectivity index is 2.40. The summed E-state index contributed by atoms with van der Waals surface area (Å²) in [7, 11) is 2.39. The number of halogens is 5. The zero-order chi connectivity index (χ0) is 24.8. The highest BCUT2D eigenvalue weighted by Crippen LogP contribution is 2.31. The molecule has 0 heterocycles. The number of esters is 1. The molecule has 0 aliphatic heterocycles. The quantitative estimate of drug-likeness (QED) is 0.241. The highest BCUT2D eigenvalue weighted by Gasteiger charge is 2.35. The first-order valence-electron chi connectivity index (χ1n) is 9.19. The molecule has 0 radical (unpaired) electrons. The molecule has 0 fully saturated rings. The first-order chi connectivity index (χ1) is 15.5. The number of nitrogens with zero attached hydrogens (tertiary/aromatic N) is 2. The minimum Gasteiger partial charge on any atom is -0.464 e. The van der Waals surface area contributed by atoms with Crippen molar-refractivity contribution >= 4 is 17.4 Å². The third-order valence-corrected chi connectivity index (χ3v) is 4.28. The summed E-state index contributed by atoms with van der Waals surface area (Å²) >= 11 is 0. The minimum atomic E-state index is -5.26. The van der Waals surface area contributed by atoms with Crippen LogP contribution < -0.4 is 4.74 Å². The van der Waals surface area contributed by atoms with Gasteiger partial charge in [0.1, 0.15) is 19.5 Å². The number of carbonyl (C=O) groups excluding carboxylic acids is 1. The third-order valence-electron chi connectivity index (χ3n) is 4.28. The first-order valence-corrected chi connectivity index (χ1v) is 9.19. The summed E-state index contributed by atoms with van der Waals surface area (Å²) in [5.41, 5.74) is -0.0869. The Morgan fingerprint density at radius 3 is 2.30 bits per heavy atom. The molecule has 0 bridgehead atoms. The molecular formula is C21H19F5N2O5. The van der Waals surface area contributed by atoms with E-state index in [-0.39, 0.29) is 17.9 Å². The summed E-state index contributed by atoms with van der Waals surface area (Å²) in [5.74, 6) is -4.79. The molecule has 0 saturated heterocycles. The van der Waals surface area contributed by atoms with Gasteiger partial charge in [-0.2, -0.15) is 0 Å². The van der Waals surface area contributed by atoms with Crippen LogP contribution in [0.2, 0.25) is 0 Å². The van der Waals surface area contributed by atoms with Gasteiger partial charge in [-0.1, -0.05) is 28.5 Å². The van der Waals surface area contributed by atoms with E-state index in [1.807, 2.05) is 0 Å². The lowest BCUT2D eigenvalue weighted by Crippen LogP contribution is -2.21. The molecule has 0 aromatic heterocycles. The highest BCUT2D eigenvalue weighted by molar-refractivity contribution is 6.43. The molecule has 0 atom stereocenters. The van der Waals surface area contributed by atoms with Crippen molar-refractivity contribution in [2.75, 3.05) is 14.2 Å². The summed E-state index contributed by atoms with van der Waals surface area (Å²) in [4.78, 5) is 22.0. The van der Waals surface area contributed by atoms with Gasteiger partial charge in [-0.15, -0.1) is 13.2 Å². The molecule has 0 unspecified atom stereocenters. The van der Waals surface area contributed by atoms with Crippen LogP contribution in [0, 0.1) is 18.6 Å². The fourth-order valence-corrected chi connectivity index (χ4v) is 2.83. The van der Waals surface area contributed by atoms with Gasteiger partial charge in [0, 0.05) is 11.1 Å². The van der Waals surface area contributed by atoms with E-state index < -0.39 is 41.0 Å². The van der Waals surface area contributed by atoms with Gasteiger partial charge in [0.2, 0.25) is 0 Å². The summed E-state index contributed by atoms with van der Waals surface area (Å²) in [6.07, 6.45) is -5.26. The molecule has 0 aliphatic carbocycles. The topological polar surface area (TPSA) is 78.7 Å². The molecule has 2 aromatic carbocycles. The maximum atomic E-state index is 14.2. The van der Waals surface area contributed by atoms with Gasteiger partial charge in [-0.3, -0.25) is 0 Å². The monoisotopic (exact) mass is 474 g/mol. The van der Waals surface area contributed by atoms with Gasteiger partial charge in [0.05, 0.1) is 18.4 Å². The number of alkyl halides is 3. The van der Waals surface area contributed by atoms with Crippen LogP contribution in [0.1, 0.15) is 29.2 Å². The smallest absolute Gasteiger partial charge is 0.464 e. The van der Waals surface area contributed by atoms with Crippen molar-refractivity contribution < 1.29 is 45.9 Å². The van der Waals surface area contributed by atoms with E-state index in [0.717, 1.165) is 14.0 Å². The predicted molar refractivity (Wildman–Crippen MR) is 107 cm³/mol. The van der Waals surface area contributed by atoms with Crippen LogP contribution in [0.25, 0.3) is 0 Å². The average molecular weight is 474 g/mol. The Morgan fingerprint density at radius 1 is 1.03 bits per heavy atom. The number of carbonyl (C=O) groups is 1. The van der Waals surface area contributed by atoms with Crippen LogP contribution in [0.5, 0.6) is 5.75 Å². The first kappa shape index (κ1) is 25.6. The Kier molecular flexibility index (Phi) is 8.32. The van der Waals surface area contributed by atoms with E-state index >= 15 is 0 Å². The Hall–Kier alpha value is -3.70. The Morgan fingerprint density at radius 2 is 1.70 bits per heavy atom. The number of aryl methyl sites for hydroxylation is 1. The average Bonchev–Trinajstić information content (AvgIpc) is 2.74. The number of methoxy groups -OCH3 is 1. The zero-order valence-corrected chi connectivity index (χ0v) is 17.9. The van der Waals surface area contributed by atoms with Crippen LogP contribution in [0.15, 0.2) is 40.6 Å². The van der Waals surface area contributed by atoms with Gasteiger partial charge in [0.15, 0.2) is 17.3 Å². The van der Waals surface area contributed by atoms with Crippen LogP contribution in [-0.2, 0) is 25.8 Å². The highest BCUT2D eigenvalue weighted by atomic mass is 19.4. The van der Waals surface area contributed by atoms with Crippen LogP contribution in [0.4, 0.5) is 22.0 Å². The minimum absolute atomic E-state index is 0.167. The van der Waals surface area contributed by atoms with Crippen molar-refractivity contribution in [3.8, 4) is 5.75 Å². The SMILES string of the molecule is CO/N=C(/C(=O)OC)c1cccc(C)c1CO/N=C(\C)c1c(F)ccc(F)c1OC(F)(F)F. The van der Waals surface area contributed by atoms with Gasteiger partial charge < -0.3 is 19.1 Å². The lowest BCUT2D eigenvalue weighted by atomic mass is 9.99. The summed E-state index contributed by atoms with van der Waals surface area (Å²) in [6.45, 7) is 2.51. The molecular weight excluding hydrogens is 455 g/mol. The second-order valence-electron chi connectivity index (χ2n) is 6.45. The molecule has 178 valence electrons. The van der Waals surface area contributed by atoms with Crippen molar-refractivity contribution in [3.63, 3.8) is 0 Å². The summed E-state index contributed by atoms with van der Waals surface area (Å²) in [5, 5.41) is 7.27. The molecule has 2 rings (SSSR count). The van der Waals surface area contributed by atoms with Gasteiger partial charge in [0.25, 0.3) is 0 Å². The van der Waals surface area contributed by atoms with E-state index in [9.17, 15) is 26.7 Å². The van der Waals surface area contributed by atoms with Crippen LogP contribution in [0.3, 0.4) is 0 Å². The molecule has 12 heteroatoms. The molecule has 0 N–H and O–H groups in total. The summed E-state index contributed by atoms with van der Waals surface area (Å²) in [6, 6.07) is 6.01. The Labute approximate surface area is 185 Å². The largest absolute Gasteiger partial charge is 0.573 e. The third kappa shape index (κ3) is 6.40. The zero-order valence-electron chi connectivity index (χ0n) is 17.9. The van der Waals surface area contributed by atoms with Crippen molar-refractivity contribution in [3.05, 3.63) is 64.2 Å². The van der Waals surface area contributed by atoms with E-state index in [2.05, 4.69) is 19.9 Å². The molecule has 7 nitrogen and oxygen atoms in total. The standard InChI is InChI=1S/C21H19F5N2O5/c1-11-6-5-7-13(18(28-31-4)20(29)30-3)14(11)10-32-27-12(2)17-15(22)8-9-16(23)19(17)33-21(24,25)26/h5-9H,10H2,1-4H3/b27-12+,28-18+. The van der Waals surface area contributed by atoms with Crippen LogP contribution in [-0.4, -0.2) is 38.0 Å². The molecule has 0 spiro atoms. The molecule has 0 saturated carbocycles. The van der Waals surface area contributed by atoms with E-state index in [1.165, 1.54) is 7.11 Å².